The Morgan fingerprint density at radius 3 is 2.95 bits per heavy atom. The Morgan fingerprint density at radius 2 is 2.21 bits per heavy atom. The molecule has 0 amide bonds. The molecule has 1 aromatic heterocycles. The number of nitrogens with one attached hydrogen (secondary N) is 1. The van der Waals surface area contributed by atoms with Crippen LogP contribution in [0, 0.1) is 12.7 Å². The molecule has 0 unspecified atom stereocenters. The molecule has 2 rings (SSSR count). The van der Waals surface area contributed by atoms with Crippen LogP contribution in [-0.4, -0.2) is 16.3 Å². The van der Waals surface area contributed by atoms with Gasteiger partial charge in [-0.1, -0.05) is 19.1 Å². The highest BCUT2D eigenvalue weighted by Gasteiger charge is 2.06. The second-order valence-corrected chi connectivity index (χ2v) is 4.72. The predicted molar refractivity (Wildman–Crippen MR) is 74.5 cm³/mol. The van der Waals surface area contributed by atoms with Crippen molar-refractivity contribution in [2.24, 2.45) is 0 Å². The highest BCUT2D eigenvalue weighted by Crippen LogP contribution is 2.11. The molecule has 0 spiro atoms. The molecule has 1 aromatic carbocycles. The number of hydrogen-bond donors (Lipinski definition) is 1. The number of aromatic nitrogens is 2. The number of rotatable bonds is 6. The van der Waals surface area contributed by atoms with Gasteiger partial charge in [0.25, 0.3) is 0 Å². The number of halogens is 1. The molecule has 19 heavy (non-hydrogen) atoms. The molecule has 3 nitrogen and oxygen atoms in total. The Hall–Kier alpha value is -1.68. The summed E-state index contributed by atoms with van der Waals surface area (Å²) in [5.74, 6) is -0.202. The third kappa shape index (κ3) is 3.64. The average Bonchev–Trinajstić information content (AvgIpc) is 2.72. The Bertz CT molecular complexity index is 534. The first kappa shape index (κ1) is 13.7. The summed E-state index contributed by atoms with van der Waals surface area (Å²) in [4.78, 5) is 0. The molecule has 0 aliphatic heterocycles. The van der Waals surface area contributed by atoms with Crippen LogP contribution in [0.5, 0.6) is 0 Å². The van der Waals surface area contributed by atoms with Crippen LogP contribution in [0.25, 0.3) is 0 Å². The van der Waals surface area contributed by atoms with Gasteiger partial charge >= 0.3 is 0 Å². The molecule has 0 aliphatic rings. The van der Waals surface area contributed by atoms with E-state index in [0.29, 0.717) is 6.54 Å². The van der Waals surface area contributed by atoms with E-state index in [9.17, 15) is 4.39 Å². The molecule has 2 aromatic rings. The first-order chi connectivity index (χ1) is 9.20. The zero-order chi connectivity index (χ0) is 13.7. The molecule has 1 heterocycles. The van der Waals surface area contributed by atoms with Crippen LogP contribution in [0.2, 0.25) is 0 Å². The monoisotopic (exact) mass is 261 g/mol. The van der Waals surface area contributed by atoms with E-state index in [2.05, 4.69) is 24.3 Å². The Labute approximate surface area is 113 Å². The summed E-state index contributed by atoms with van der Waals surface area (Å²) < 4.78 is 15.1. The van der Waals surface area contributed by atoms with Crippen LogP contribution < -0.4 is 5.32 Å². The van der Waals surface area contributed by atoms with Gasteiger partial charge in [-0.05, 0) is 37.6 Å². The summed E-state index contributed by atoms with van der Waals surface area (Å²) in [7, 11) is 0. The van der Waals surface area contributed by atoms with E-state index in [1.165, 1.54) is 11.6 Å². The quantitative estimate of drug-likeness (QED) is 0.810. The standard InChI is InChI=1S/C15H20FN3/c1-3-7-17-9-14-10-18-19(12(14)2)11-13-5-4-6-15(16)8-13/h4-6,8,10,17H,3,7,9,11H2,1-2H3. The molecule has 0 bridgehead atoms. The van der Waals surface area contributed by atoms with Gasteiger partial charge in [0, 0.05) is 17.8 Å². The van der Waals surface area contributed by atoms with Crippen LogP contribution in [0.4, 0.5) is 4.39 Å². The van der Waals surface area contributed by atoms with E-state index in [4.69, 9.17) is 0 Å². The Morgan fingerprint density at radius 1 is 1.37 bits per heavy atom. The average molecular weight is 261 g/mol. The van der Waals surface area contributed by atoms with E-state index in [-0.39, 0.29) is 5.82 Å². The number of benzene rings is 1. The smallest absolute Gasteiger partial charge is 0.123 e. The van der Waals surface area contributed by atoms with Crippen molar-refractivity contribution < 1.29 is 4.39 Å². The Kier molecular flexibility index (Phi) is 4.68. The largest absolute Gasteiger partial charge is 0.313 e. The molecule has 0 fully saturated rings. The summed E-state index contributed by atoms with van der Waals surface area (Å²) in [6, 6.07) is 6.65. The van der Waals surface area contributed by atoms with Gasteiger partial charge < -0.3 is 5.32 Å². The maximum Gasteiger partial charge on any atom is 0.123 e. The zero-order valence-electron chi connectivity index (χ0n) is 11.5. The molecule has 0 saturated heterocycles. The highest BCUT2D eigenvalue weighted by atomic mass is 19.1. The molecule has 1 N–H and O–H groups in total. The van der Waals surface area contributed by atoms with E-state index in [1.807, 2.05) is 16.9 Å². The number of hydrogen-bond acceptors (Lipinski definition) is 2. The highest BCUT2D eigenvalue weighted by molar-refractivity contribution is 5.20. The summed E-state index contributed by atoms with van der Waals surface area (Å²) in [5, 5.41) is 7.74. The maximum absolute atomic E-state index is 13.1. The summed E-state index contributed by atoms with van der Waals surface area (Å²) >= 11 is 0. The van der Waals surface area contributed by atoms with E-state index < -0.39 is 0 Å². The van der Waals surface area contributed by atoms with Crippen molar-refractivity contribution in [3.05, 3.63) is 53.1 Å². The molecular weight excluding hydrogens is 241 g/mol. The van der Waals surface area contributed by atoms with Crippen LogP contribution in [-0.2, 0) is 13.1 Å². The van der Waals surface area contributed by atoms with Crippen molar-refractivity contribution in [2.45, 2.75) is 33.4 Å². The lowest BCUT2D eigenvalue weighted by Gasteiger charge is -2.06. The van der Waals surface area contributed by atoms with Gasteiger partial charge in [-0.2, -0.15) is 5.10 Å². The minimum absolute atomic E-state index is 0.202. The molecular formula is C15H20FN3. The van der Waals surface area contributed by atoms with E-state index >= 15 is 0 Å². The SMILES string of the molecule is CCCNCc1cnn(Cc2cccc(F)c2)c1C. The van der Waals surface area contributed by atoms with Crippen LogP contribution in [0.15, 0.2) is 30.5 Å². The topological polar surface area (TPSA) is 29.9 Å². The summed E-state index contributed by atoms with van der Waals surface area (Å²) in [6.07, 6.45) is 3.01. The summed E-state index contributed by atoms with van der Waals surface area (Å²) in [5.41, 5.74) is 3.26. The molecule has 0 atom stereocenters. The zero-order valence-corrected chi connectivity index (χ0v) is 11.5. The molecule has 0 aliphatic carbocycles. The normalized spacial score (nSPS) is 10.9. The first-order valence-corrected chi connectivity index (χ1v) is 6.67. The second kappa shape index (κ2) is 6.48. The van der Waals surface area contributed by atoms with Crippen molar-refractivity contribution in [1.29, 1.82) is 0 Å². The predicted octanol–water partition coefficient (Wildman–Crippen LogP) is 2.88. The first-order valence-electron chi connectivity index (χ1n) is 6.67. The fourth-order valence-corrected chi connectivity index (χ4v) is 2.03. The van der Waals surface area contributed by atoms with E-state index in [1.54, 1.807) is 12.1 Å². The maximum atomic E-state index is 13.1. The third-order valence-electron chi connectivity index (χ3n) is 3.17. The van der Waals surface area contributed by atoms with Crippen molar-refractivity contribution in [3.8, 4) is 0 Å². The lowest BCUT2D eigenvalue weighted by Crippen LogP contribution is -2.14. The third-order valence-corrected chi connectivity index (χ3v) is 3.17. The fourth-order valence-electron chi connectivity index (χ4n) is 2.03. The van der Waals surface area contributed by atoms with Gasteiger partial charge in [-0.25, -0.2) is 4.39 Å². The van der Waals surface area contributed by atoms with Crippen LogP contribution >= 0.6 is 0 Å². The Balaban J connectivity index is 2.05. The number of nitrogens with zero attached hydrogens (tertiary/aromatic N) is 2. The van der Waals surface area contributed by atoms with Crippen molar-refractivity contribution in [2.75, 3.05) is 6.54 Å². The minimum Gasteiger partial charge on any atom is -0.313 e. The molecule has 102 valence electrons. The van der Waals surface area contributed by atoms with E-state index in [0.717, 1.165) is 30.8 Å². The van der Waals surface area contributed by atoms with Gasteiger partial charge in [0.15, 0.2) is 0 Å². The lowest BCUT2D eigenvalue weighted by atomic mass is 10.2. The lowest BCUT2D eigenvalue weighted by molar-refractivity contribution is 0.615. The van der Waals surface area contributed by atoms with Crippen molar-refractivity contribution in [3.63, 3.8) is 0 Å². The second-order valence-electron chi connectivity index (χ2n) is 4.72. The molecule has 0 saturated carbocycles. The van der Waals surface area contributed by atoms with Gasteiger partial charge in [0.2, 0.25) is 0 Å². The van der Waals surface area contributed by atoms with Crippen molar-refractivity contribution in [1.82, 2.24) is 15.1 Å². The van der Waals surface area contributed by atoms with Crippen LogP contribution in [0.1, 0.15) is 30.2 Å². The molecule has 4 heteroatoms. The van der Waals surface area contributed by atoms with Crippen LogP contribution in [0.3, 0.4) is 0 Å². The fraction of sp³-hybridized carbons (Fsp3) is 0.400. The van der Waals surface area contributed by atoms with Gasteiger partial charge in [-0.3, -0.25) is 4.68 Å². The van der Waals surface area contributed by atoms with Gasteiger partial charge in [0.1, 0.15) is 5.82 Å². The molecule has 0 radical (unpaired) electrons. The minimum atomic E-state index is -0.202. The van der Waals surface area contributed by atoms with Gasteiger partial charge in [0.05, 0.1) is 12.7 Å². The van der Waals surface area contributed by atoms with Gasteiger partial charge in [-0.15, -0.1) is 0 Å². The van der Waals surface area contributed by atoms with Crippen molar-refractivity contribution >= 4 is 0 Å². The summed E-state index contributed by atoms with van der Waals surface area (Å²) in [6.45, 7) is 6.65.